The average Bonchev–Trinajstić information content (AvgIpc) is 2.19. The molecule has 84 valence electrons. The molecule has 0 saturated heterocycles. The average molecular weight is 229 g/mol. The highest BCUT2D eigenvalue weighted by Gasteiger charge is 1.96. The molecule has 1 aromatic rings. The van der Waals surface area contributed by atoms with Gasteiger partial charge in [0.25, 0.3) is 0 Å². The summed E-state index contributed by atoms with van der Waals surface area (Å²) in [5.41, 5.74) is 7.97. The van der Waals surface area contributed by atoms with Gasteiger partial charge in [-0.15, -0.1) is 12.4 Å². The number of aliphatic imine (C=N–C) groups is 1. The molecule has 0 aliphatic heterocycles. The highest BCUT2D eigenvalue weighted by Crippen LogP contribution is 2.02. The minimum absolute atomic E-state index is 0. The van der Waals surface area contributed by atoms with Crippen molar-refractivity contribution in [1.82, 2.24) is 0 Å². The lowest BCUT2D eigenvalue weighted by Crippen LogP contribution is -2.14. The molecule has 4 heteroatoms. The summed E-state index contributed by atoms with van der Waals surface area (Å²) in [5.74, 6) is 0.571. The molecule has 0 unspecified atom stereocenters. The Hall–Kier alpha value is -1.06. The quantitative estimate of drug-likeness (QED) is 0.485. The minimum atomic E-state index is 0. The Labute approximate surface area is 96.8 Å². The summed E-state index contributed by atoms with van der Waals surface area (Å²) < 4.78 is 4.88. The highest BCUT2D eigenvalue weighted by molar-refractivity contribution is 5.97. The summed E-state index contributed by atoms with van der Waals surface area (Å²) in [5, 5.41) is 0. The first-order valence-corrected chi connectivity index (χ1v) is 4.60. The van der Waals surface area contributed by atoms with E-state index in [1.54, 1.807) is 7.11 Å². The third-order valence-corrected chi connectivity index (χ3v) is 1.92. The summed E-state index contributed by atoms with van der Waals surface area (Å²) in [6, 6.07) is 7.99. The zero-order chi connectivity index (χ0) is 10.4. The van der Waals surface area contributed by atoms with Gasteiger partial charge in [0.2, 0.25) is 0 Å². The lowest BCUT2D eigenvalue weighted by molar-refractivity contribution is 0.208. The van der Waals surface area contributed by atoms with Gasteiger partial charge in [0.15, 0.2) is 0 Å². The van der Waals surface area contributed by atoms with Crippen LogP contribution in [0.1, 0.15) is 11.1 Å². The summed E-state index contributed by atoms with van der Waals surface area (Å²) in [6.45, 7) is 3.25. The molecule has 0 saturated carbocycles. The summed E-state index contributed by atoms with van der Waals surface area (Å²) in [7, 11) is 1.65. The van der Waals surface area contributed by atoms with Gasteiger partial charge in [0.1, 0.15) is 5.84 Å². The van der Waals surface area contributed by atoms with Crippen LogP contribution in [0.25, 0.3) is 0 Å². The molecule has 0 atom stereocenters. The molecule has 3 nitrogen and oxygen atoms in total. The fourth-order valence-corrected chi connectivity index (χ4v) is 1.07. The first-order chi connectivity index (χ1) is 6.74. The van der Waals surface area contributed by atoms with E-state index in [1.807, 2.05) is 31.2 Å². The molecule has 1 rings (SSSR count). The lowest BCUT2D eigenvalue weighted by Gasteiger charge is -2.01. The van der Waals surface area contributed by atoms with Crippen LogP contribution < -0.4 is 5.73 Å². The van der Waals surface area contributed by atoms with Gasteiger partial charge in [-0.25, -0.2) is 0 Å². The van der Waals surface area contributed by atoms with E-state index in [4.69, 9.17) is 10.5 Å². The second kappa shape index (κ2) is 7.26. The molecule has 0 aliphatic carbocycles. The summed E-state index contributed by atoms with van der Waals surface area (Å²) >= 11 is 0. The Bertz CT molecular complexity index is 309. The Morgan fingerprint density at radius 2 is 1.93 bits per heavy atom. The molecule has 0 radical (unpaired) electrons. The van der Waals surface area contributed by atoms with Crippen LogP contribution in [-0.4, -0.2) is 26.1 Å². The number of hydrogen-bond acceptors (Lipinski definition) is 2. The van der Waals surface area contributed by atoms with Crippen molar-refractivity contribution in [2.24, 2.45) is 10.7 Å². The lowest BCUT2D eigenvalue weighted by atomic mass is 10.1. The van der Waals surface area contributed by atoms with E-state index < -0.39 is 0 Å². The van der Waals surface area contributed by atoms with Crippen LogP contribution in [0.4, 0.5) is 0 Å². The van der Waals surface area contributed by atoms with Crippen molar-refractivity contribution in [3.8, 4) is 0 Å². The highest BCUT2D eigenvalue weighted by atomic mass is 35.5. The molecule has 15 heavy (non-hydrogen) atoms. The number of benzene rings is 1. The third kappa shape index (κ3) is 4.81. The van der Waals surface area contributed by atoms with Gasteiger partial charge in [-0.2, -0.15) is 0 Å². The van der Waals surface area contributed by atoms with Gasteiger partial charge < -0.3 is 10.5 Å². The van der Waals surface area contributed by atoms with E-state index in [-0.39, 0.29) is 12.4 Å². The maximum Gasteiger partial charge on any atom is 0.125 e. The number of halogens is 1. The smallest absolute Gasteiger partial charge is 0.125 e. The van der Waals surface area contributed by atoms with Gasteiger partial charge >= 0.3 is 0 Å². The number of hydrogen-bond donors (Lipinski definition) is 1. The number of rotatable bonds is 4. The van der Waals surface area contributed by atoms with Crippen molar-refractivity contribution in [3.05, 3.63) is 35.4 Å². The van der Waals surface area contributed by atoms with Crippen molar-refractivity contribution in [1.29, 1.82) is 0 Å². The van der Waals surface area contributed by atoms with Crippen LogP contribution in [-0.2, 0) is 4.74 Å². The largest absolute Gasteiger partial charge is 0.384 e. The Kier molecular flexibility index (Phi) is 6.75. The maximum atomic E-state index is 5.78. The molecule has 0 spiro atoms. The Morgan fingerprint density at radius 3 is 2.47 bits per heavy atom. The second-order valence-corrected chi connectivity index (χ2v) is 3.13. The molecule has 0 aromatic heterocycles. The van der Waals surface area contributed by atoms with Gasteiger partial charge in [-0.05, 0) is 6.92 Å². The van der Waals surface area contributed by atoms with Gasteiger partial charge in [-0.3, -0.25) is 4.99 Å². The number of aryl methyl sites for hydroxylation is 1. The van der Waals surface area contributed by atoms with Gasteiger partial charge in [0, 0.05) is 12.7 Å². The van der Waals surface area contributed by atoms with Crippen molar-refractivity contribution in [2.75, 3.05) is 20.3 Å². The number of methoxy groups -OCH3 is 1. The van der Waals surface area contributed by atoms with Crippen LogP contribution in [0.3, 0.4) is 0 Å². The normalized spacial score (nSPS) is 10.9. The zero-order valence-corrected chi connectivity index (χ0v) is 9.88. The molecule has 1 aromatic carbocycles. The van der Waals surface area contributed by atoms with E-state index in [2.05, 4.69) is 4.99 Å². The van der Waals surface area contributed by atoms with Gasteiger partial charge in [-0.1, -0.05) is 29.8 Å². The Morgan fingerprint density at radius 1 is 1.33 bits per heavy atom. The van der Waals surface area contributed by atoms with Crippen molar-refractivity contribution < 1.29 is 4.74 Å². The van der Waals surface area contributed by atoms with E-state index in [0.29, 0.717) is 19.0 Å². The van der Waals surface area contributed by atoms with Crippen molar-refractivity contribution in [2.45, 2.75) is 6.92 Å². The second-order valence-electron chi connectivity index (χ2n) is 3.13. The first-order valence-electron chi connectivity index (χ1n) is 4.60. The summed E-state index contributed by atoms with van der Waals surface area (Å²) in [6.07, 6.45) is 0. The molecule has 0 heterocycles. The maximum absolute atomic E-state index is 5.78. The zero-order valence-electron chi connectivity index (χ0n) is 9.06. The number of nitrogens with two attached hydrogens (primary N) is 1. The van der Waals surface area contributed by atoms with Crippen molar-refractivity contribution >= 4 is 18.2 Å². The minimum Gasteiger partial charge on any atom is -0.384 e. The van der Waals surface area contributed by atoms with Crippen LogP contribution in [0.15, 0.2) is 29.3 Å². The van der Waals surface area contributed by atoms with Crippen LogP contribution in [0.2, 0.25) is 0 Å². The fourth-order valence-electron chi connectivity index (χ4n) is 1.07. The van der Waals surface area contributed by atoms with Crippen molar-refractivity contribution in [3.63, 3.8) is 0 Å². The number of nitrogens with zero attached hydrogens (tertiary/aromatic N) is 1. The molecule has 0 bridgehead atoms. The molecular weight excluding hydrogens is 212 g/mol. The summed E-state index contributed by atoms with van der Waals surface area (Å²) in [4.78, 5) is 4.18. The van der Waals surface area contributed by atoms with E-state index in [1.165, 1.54) is 5.56 Å². The molecule has 0 fully saturated rings. The molecular formula is C11H17ClN2O. The monoisotopic (exact) mass is 228 g/mol. The van der Waals surface area contributed by atoms with Crippen LogP contribution in [0.5, 0.6) is 0 Å². The van der Waals surface area contributed by atoms with Crippen LogP contribution >= 0.6 is 12.4 Å². The van der Waals surface area contributed by atoms with E-state index in [9.17, 15) is 0 Å². The van der Waals surface area contributed by atoms with E-state index in [0.717, 1.165) is 5.56 Å². The standard InChI is InChI=1S/C11H16N2O.ClH/c1-9-3-5-10(6-4-9)11(12)13-7-8-14-2;/h3-6H,7-8H2,1-2H3,(H2,12,13);1H. The topological polar surface area (TPSA) is 47.6 Å². The third-order valence-electron chi connectivity index (χ3n) is 1.92. The predicted octanol–water partition coefficient (Wildman–Crippen LogP) is 1.77. The first kappa shape index (κ1) is 13.9. The van der Waals surface area contributed by atoms with Gasteiger partial charge in [0.05, 0.1) is 13.2 Å². The molecule has 2 N–H and O–H groups in total. The predicted molar refractivity (Wildman–Crippen MR) is 65.9 cm³/mol. The number of ether oxygens (including phenoxy) is 1. The SMILES string of the molecule is COCCN=C(N)c1ccc(C)cc1.Cl. The Balaban J connectivity index is 0.00000196. The van der Waals surface area contributed by atoms with Crippen LogP contribution in [0, 0.1) is 6.92 Å². The number of amidine groups is 1. The van der Waals surface area contributed by atoms with E-state index >= 15 is 0 Å². The molecule has 0 aliphatic rings. The fraction of sp³-hybridized carbons (Fsp3) is 0.364. The molecule has 0 amide bonds.